The molecule has 0 N–H and O–H groups in total. The van der Waals surface area contributed by atoms with Crippen molar-refractivity contribution < 1.29 is 13.2 Å². The molecule has 1 nitrogen and oxygen atoms in total. The first-order valence-electron chi connectivity index (χ1n) is 2.81. The first-order valence-corrected chi connectivity index (χ1v) is 3.18. The molecule has 0 aromatic heterocycles. The van der Waals surface area contributed by atoms with E-state index in [1.54, 1.807) is 0 Å². The van der Waals surface area contributed by atoms with E-state index in [0.29, 0.717) is 6.07 Å². The highest BCUT2D eigenvalue weighted by molar-refractivity contribution is 6.30. The number of hydrogen-bond acceptors (Lipinski definition) is 1. The van der Waals surface area contributed by atoms with Crippen molar-refractivity contribution in [3.8, 4) is 6.07 Å². The molecule has 0 spiro atoms. The second-order valence-electron chi connectivity index (χ2n) is 1.95. The zero-order valence-corrected chi connectivity index (χ0v) is 6.29. The SMILES string of the molecule is N#Cc1c(F)c(F)cc(Cl)c1F. The molecule has 0 aliphatic carbocycles. The molecule has 0 bridgehead atoms. The van der Waals surface area contributed by atoms with Crippen molar-refractivity contribution >= 4 is 11.6 Å². The topological polar surface area (TPSA) is 23.8 Å². The summed E-state index contributed by atoms with van der Waals surface area (Å²) >= 11 is 5.14. The lowest BCUT2D eigenvalue weighted by Gasteiger charge is -1.98. The van der Waals surface area contributed by atoms with Gasteiger partial charge in [-0.1, -0.05) is 11.6 Å². The molecule has 0 heterocycles. The number of benzene rings is 1. The lowest BCUT2D eigenvalue weighted by atomic mass is 10.2. The highest BCUT2D eigenvalue weighted by Gasteiger charge is 2.16. The van der Waals surface area contributed by atoms with Gasteiger partial charge in [0.15, 0.2) is 17.5 Å². The van der Waals surface area contributed by atoms with Gasteiger partial charge in [-0.05, 0) is 6.07 Å². The fourth-order valence-electron chi connectivity index (χ4n) is 0.671. The summed E-state index contributed by atoms with van der Waals surface area (Å²) in [5.74, 6) is -4.09. The third kappa shape index (κ3) is 1.23. The van der Waals surface area contributed by atoms with Crippen LogP contribution in [0.25, 0.3) is 0 Å². The Morgan fingerprint density at radius 1 is 1.25 bits per heavy atom. The summed E-state index contributed by atoms with van der Waals surface area (Å²) in [6, 6.07) is 1.65. The van der Waals surface area contributed by atoms with E-state index in [2.05, 4.69) is 0 Å². The molecule has 1 rings (SSSR count). The van der Waals surface area contributed by atoms with E-state index < -0.39 is 28.0 Å². The van der Waals surface area contributed by atoms with E-state index >= 15 is 0 Å². The lowest BCUT2D eigenvalue weighted by Crippen LogP contribution is -1.95. The average Bonchev–Trinajstić information content (AvgIpc) is 2.02. The van der Waals surface area contributed by atoms with Crippen LogP contribution in [0.2, 0.25) is 5.02 Å². The van der Waals surface area contributed by atoms with E-state index in [0.717, 1.165) is 0 Å². The van der Waals surface area contributed by atoms with Gasteiger partial charge < -0.3 is 0 Å². The normalized spacial score (nSPS) is 9.58. The Balaban J connectivity index is 3.56. The van der Waals surface area contributed by atoms with Crippen molar-refractivity contribution in [2.75, 3.05) is 0 Å². The highest BCUT2D eigenvalue weighted by atomic mass is 35.5. The van der Waals surface area contributed by atoms with E-state index in [1.807, 2.05) is 0 Å². The Morgan fingerprint density at radius 2 is 1.83 bits per heavy atom. The molecule has 0 aliphatic heterocycles. The number of halogens is 4. The minimum atomic E-state index is -1.51. The fraction of sp³-hybridized carbons (Fsp3) is 0. The maximum Gasteiger partial charge on any atom is 0.179 e. The minimum Gasteiger partial charge on any atom is -0.204 e. The van der Waals surface area contributed by atoms with Gasteiger partial charge in [0.05, 0.1) is 5.02 Å². The molecule has 1 aromatic carbocycles. The Hall–Kier alpha value is -1.21. The second-order valence-corrected chi connectivity index (χ2v) is 2.36. The Kier molecular flexibility index (Phi) is 2.25. The lowest BCUT2D eigenvalue weighted by molar-refractivity contribution is 0.491. The molecule has 0 unspecified atom stereocenters. The predicted molar refractivity (Wildman–Crippen MR) is 36.0 cm³/mol. The first-order chi connectivity index (χ1) is 5.57. The van der Waals surface area contributed by atoms with Crippen LogP contribution < -0.4 is 0 Å². The predicted octanol–water partition coefficient (Wildman–Crippen LogP) is 2.63. The van der Waals surface area contributed by atoms with Crippen LogP contribution in [-0.2, 0) is 0 Å². The molecule has 1 aromatic rings. The molecule has 0 fully saturated rings. The molecule has 0 radical (unpaired) electrons. The van der Waals surface area contributed by atoms with Crippen molar-refractivity contribution in [2.24, 2.45) is 0 Å². The van der Waals surface area contributed by atoms with E-state index in [1.165, 1.54) is 6.07 Å². The second kappa shape index (κ2) is 3.03. The summed E-state index contributed by atoms with van der Waals surface area (Å²) in [6.45, 7) is 0. The largest absolute Gasteiger partial charge is 0.204 e. The quantitative estimate of drug-likeness (QED) is 0.579. The Labute approximate surface area is 71.0 Å². The fourth-order valence-corrected chi connectivity index (χ4v) is 0.862. The number of nitrogens with zero attached hydrogens (tertiary/aromatic N) is 1. The van der Waals surface area contributed by atoms with Gasteiger partial charge in [0, 0.05) is 0 Å². The van der Waals surface area contributed by atoms with Crippen LogP contribution in [0.3, 0.4) is 0 Å². The van der Waals surface area contributed by atoms with Gasteiger partial charge >= 0.3 is 0 Å². The number of nitriles is 1. The summed E-state index contributed by atoms with van der Waals surface area (Å²) in [5.41, 5.74) is -1.000. The number of hydrogen-bond donors (Lipinski definition) is 0. The first kappa shape index (κ1) is 8.88. The van der Waals surface area contributed by atoms with E-state index in [-0.39, 0.29) is 0 Å². The molecule has 0 saturated carbocycles. The van der Waals surface area contributed by atoms with Crippen LogP contribution in [0.15, 0.2) is 6.07 Å². The van der Waals surface area contributed by atoms with Gasteiger partial charge in [0.2, 0.25) is 0 Å². The molecule has 0 saturated heterocycles. The van der Waals surface area contributed by atoms with Crippen LogP contribution in [0, 0.1) is 28.8 Å². The van der Waals surface area contributed by atoms with Gasteiger partial charge in [-0.2, -0.15) is 5.26 Å². The highest BCUT2D eigenvalue weighted by Crippen LogP contribution is 2.22. The maximum absolute atomic E-state index is 12.7. The summed E-state index contributed by atoms with van der Waals surface area (Å²) in [5, 5.41) is 7.59. The standard InChI is InChI=1S/C7HClF3N/c8-4-1-5(9)7(11)3(2-12)6(4)10/h1H. The minimum absolute atomic E-state index is 0.479. The summed E-state index contributed by atoms with van der Waals surface area (Å²) in [7, 11) is 0. The van der Waals surface area contributed by atoms with E-state index in [4.69, 9.17) is 16.9 Å². The van der Waals surface area contributed by atoms with Crippen molar-refractivity contribution in [2.45, 2.75) is 0 Å². The third-order valence-corrected chi connectivity index (χ3v) is 1.50. The molecule has 12 heavy (non-hydrogen) atoms. The molecule has 5 heteroatoms. The van der Waals surface area contributed by atoms with Crippen LogP contribution in [-0.4, -0.2) is 0 Å². The van der Waals surface area contributed by atoms with Crippen LogP contribution >= 0.6 is 11.6 Å². The Bertz CT molecular complexity index is 344. The van der Waals surface area contributed by atoms with Crippen molar-refractivity contribution in [1.29, 1.82) is 5.26 Å². The smallest absolute Gasteiger partial charge is 0.179 e. The van der Waals surface area contributed by atoms with Crippen molar-refractivity contribution in [1.82, 2.24) is 0 Å². The average molecular weight is 192 g/mol. The molecular formula is C7HClF3N. The van der Waals surface area contributed by atoms with Crippen molar-refractivity contribution in [3.05, 3.63) is 34.1 Å². The summed E-state index contributed by atoms with van der Waals surface area (Å²) < 4.78 is 37.7. The third-order valence-electron chi connectivity index (χ3n) is 1.22. The van der Waals surface area contributed by atoms with Gasteiger partial charge in [-0.3, -0.25) is 0 Å². The van der Waals surface area contributed by atoms with Gasteiger partial charge in [-0.25, -0.2) is 13.2 Å². The van der Waals surface area contributed by atoms with Gasteiger partial charge in [0.25, 0.3) is 0 Å². The monoisotopic (exact) mass is 191 g/mol. The van der Waals surface area contributed by atoms with Crippen LogP contribution in [0.5, 0.6) is 0 Å². The zero-order chi connectivity index (χ0) is 9.30. The van der Waals surface area contributed by atoms with Crippen molar-refractivity contribution in [3.63, 3.8) is 0 Å². The van der Waals surface area contributed by atoms with Gasteiger partial charge in [0.1, 0.15) is 11.6 Å². The molecule has 0 atom stereocenters. The van der Waals surface area contributed by atoms with E-state index in [9.17, 15) is 13.2 Å². The van der Waals surface area contributed by atoms with Crippen LogP contribution in [0.1, 0.15) is 5.56 Å². The molecule has 62 valence electrons. The summed E-state index contributed by atoms with van der Waals surface area (Å²) in [6.07, 6.45) is 0. The molecule has 0 aliphatic rings. The van der Waals surface area contributed by atoms with Crippen LogP contribution in [0.4, 0.5) is 13.2 Å². The number of rotatable bonds is 0. The Morgan fingerprint density at radius 3 is 2.33 bits per heavy atom. The zero-order valence-electron chi connectivity index (χ0n) is 5.54. The van der Waals surface area contributed by atoms with Gasteiger partial charge in [-0.15, -0.1) is 0 Å². The summed E-state index contributed by atoms with van der Waals surface area (Å²) in [4.78, 5) is 0. The maximum atomic E-state index is 12.7. The molecule has 0 amide bonds. The molecular weight excluding hydrogens is 191 g/mol.